The second-order valence-electron chi connectivity index (χ2n) is 5.03. The summed E-state index contributed by atoms with van der Waals surface area (Å²) in [5, 5.41) is 22.7. The number of phenolic OH excluding ortho intramolecular Hbond substituents is 1. The minimum Gasteiger partial charge on any atom is -0.506 e. The average Bonchev–Trinajstić information content (AvgIpc) is 2.57. The molecule has 4 aromatic rings. The molecule has 0 radical (unpaired) electrons. The van der Waals surface area contributed by atoms with Crippen molar-refractivity contribution in [3.05, 3.63) is 57.6 Å². The van der Waals surface area contributed by atoms with E-state index in [0.29, 0.717) is 21.8 Å². The number of hydrogen-bond acceptors (Lipinski definition) is 5. The topological polar surface area (TPSA) is 89.2 Å². The predicted molar refractivity (Wildman–Crippen MR) is 87.9 cm³/mol. The summed E-state index contributed by atoms with van der Waals surface area (Å²) in [6, 6.07) is 11.7. The average molecular weight is 326 g/mol. The zero-order chi connectivity index (χ0) is 16.1. The van der Waals surface area contributed by atoms with E-state index in [1.54, 1.807) is 30.3 Å². The number of rotatable bonds is 1. The number of phenols is 1. The summed E-state index contributed by atoms with van der Waals surface area (Å²) in [5.41, 5.74) is 1.13. The number of aromatic nitrogens is 2. The van der Waals surface area contributed by atoms with E-state index in [-0.39, 0.29) is 27.5 Å². The minimum absolute atomic E-state index is 0.0336. The number of para-hydroxylation sites is 1. The van der Waals surface area contributed by atoms with Crippen molar-refractivity contribution >= 4 is 50.1 Å². The van der Waals surface area contributed by atoms with Crippen LogP contribution in [-0.4, -0.2) is 20.0 Å². The van der Waals surface area contributed by atoms with Crippen molar-refractivity contribution in [2.24, 2.45) is 0 Å². The second kappa shape index (κ2) is 4.76. The zero-order valence-electron chi connectivity index (χ0n) is 11.5. The van der Waals surface area contributed by atoms with E-state index >= 15 is 0 Å². The molecule has 0 aliphatic heterocycles. The monoisotopic (exact) mass is 325 g/mol. The molecule has 0 saturated heterocycles. The molecule has 0 unspecified atom stereocenters. The number of nitrogens with zero attached hydrogens (tertiary/aromatic N) is 3. The first kappa shape index (κ1) is 13.7. The first-order chi connectivity index (χ1) is 11.1. The molecular formula is C16H8ClN3O3. The Morgan fingerprint density at radius 3 is 2.43 bits per heavy atom. The van der Waals surface area contributed by atoms with E-state index in [1.807, 2.05) is 6.07 Å². The van der Waals surface area contributed by atoms with E-state index in [1.165, 1.54) is 6.07 Å². The van der Waals surface area contributed by atoms with E-state index in [2.05, 4.69) is 9.97 Å². The van der Waals surface area contributed by atoms with E-state index in [9.17, 15) is 15.2 Å². The molecular weight excluding hydrogens is 318 g/mol. The third-order valence-corrected chi connectivity index (χ3v) is 4.08. The van der Waals surface area contributed by atoms with Gasteiger partial charge in [0, 0.05) is 16.8 Å². The number of nitro groups is 1. The van der Waals surface area contributed by atoms with Crippen LogP contribution < -0.4 is 0 Å². The van der Waals surface area contributed by atoms with Crippen molar-refractivity contribution < 1.29 is 10.0 Å². The Morgan fingerprint density at radius 1 is 0.957 bits per heavy atom. The third-order valence-electron chi connectivity index (χ3n) is 3.72. The van der Waals surface area contributed by atoms with Gasteiger partial charge >= 0.3 is 0 Å². The summed E-state index contributed by atoms with van der Waals surface area (Å²) < 4.78 is 0. The van der Waals surface area contributed by atoms with Crippen LogP contribution in [0.15, 0.2) is 42.5 Å². The predicted octanol–water partition coefficient (Wildman–Crippen LogP) is 4.20. The number of benzene rings is 3. The summed E-state index contributed by atoms with van der Waals surface area (Å²) in [6.45, 7) is 0. The van der Waals surface area contributed by atoms with Gasteiger partial charge in [-0.3, -0.25) is 10.1 Å². The Labute approximate surface area is 134 Å². The van der Waals surface area contributed by atoms with E-state index < -0.39 is 4.92 Å². The molecule has 23 heavy (non-hydrogen) atoms. The summed E-state index contributed by atoms with van der Waals surface area (Å²) in [6.07, 6.45) is 0. The molecule has 0 fully saturated rings. The quantitative estimate of drug-likeness (QED) is 0.245. The molecule has 0 saturated carbocycles. The highest BCUT2D eigenvalue weighted by Gasteiger charge is 2.19. The number of nitro benzene ring substituents is 1. The summed E-state index contributed by atoms with van der Waals surface area (Å²) in [5.74, 6) is -0.109. The lowest BCUT2D eigenvalue weighted by Crippen LogP contribution is -1.95. The molecule has 7 heteroatoms. The Kier molecular flexibility index (Phi) is 2.82. The van der Waals surface area contributed by atoms with Crippen molar-refractivity contribution in [1.29, 1.82) is 0 Å². The highest BCUT2D eigenvalue weighted by Crippen LogP contribution is 2.40. The van der Waals surface area contributed by atoms with Gasteiger partial charge in [-0.25, -0.2) is 9.97 Å². The maximum atomic E-state index is 11.2. The van der Waals surface area contributed by atoms with Crippen LogP contribution in [0, 0.1) is 10.1 Å². The number of non-ortho nitro benzene ring substituents is 1. The smallest absolute Gasteiger partial charge is 0.297 e. The van der Waals surface area contributed by atoms with Gasteiger partial charge in [-0.1, -0.05) is 41.9 Å². The zero-order valence-corrected chi connectivity index (χ0v) is 12.3. The highest BCUT2D eigenvalue weighted by atomic mass is 35.5. The summed E-state index contributed by atoms with van der Waals surface area (Å²) in [7, 11) is 0. The summed E-state index contributed by atoms with van der Waals surface area (Å²) >= 11 is 6.21. The van der Waals surface area contributed by atoms with Gasteiger partial charge in [0.1, 0.15) is 16.3 Å². The lowest BCUT2D eigenvalue weighted by Gasteiger charge is -2.09. The highest BCUT2D eigenvalue weighted by molar-refractivity contribution is 6.39. The minimum atomic E-state index is -0.516. The second-order valence-corrected chi connectivity index (χ2v) is 5.41. The van der Waals surface area contributed by atoms with E-state index in [0.717, 1.165) is 0 Å². The standard InChI is InChI=1S/C16H8ClN3O3/c17-12-15-13(8-4-1-2-5-9(8)16(12)21)18-10-6-3-7-11(20(22)23)14(10)19-15/h1-7,21H. The van der Waals surface area contributed by atoms with Crippen LogP contribution in [0.1, 0.15) is 0 Å². The van der Waals surface area contributed by atoms with Crippen LogP contribution in [0.3, 0.4) is 0 Å². The largest absolute Gasteiger partial charge is 0.506 e. The molecule has 3 aromatic carbocycles. The Morgan fingerprint density at radius 2 is 1.70 bits per heavy atom. The summed E-state index contributed by atoms with van der Waals surface area (Å²) in [4.78, 5) is 19.5. The van der Waals surface area contributed by atoms with Crippen molar-refractivity contribution in [3.63, 3.8) is 0 Å². The van der Waals surface area contributed by atoms with Crippen LogP contribution >= 0.6 is 11.6 Å². The molecule has 0 amide bonds. The van der Waals surface area contributed by atoms with Crippen LogP contribution in [0.25, 0.3) is 32.8 Å². The molecule has 0 bridgehead atoms. The molecule has 1 heterocycles. The molecule has 6 nitrogen and oxygen atoms in total. The van der Waals surface area contributed by atoms with Gasteiger partial charge in [0.2, 0.25) is 0 Å². The van der Waals surface area contributed by atoms with Crippen LogP contribution in [0.2, 0.25) is 5.02 Å². The molecule has 0 atom stereocenters. The first-order valence-electron chi connectivity index (χ1n) is 6.72. The first-order valence-corrected chi connectivity index (χ1v) is 7.10. The van der Waals surface area contributed by atoms with Gasteiger partial charge in [0.05, 0.1) is 16.0 Å². The SMILES string of the molecule is O=[N+]([O-])c1cccc2nc3c(nc12)c(Cl)c(O)c1ccccc13. The van der Waals surface area contributed by atoms with Crippen molar-refractivity contribution in [1.82, 2.24) is 9.97 Å². The number of hydrogen-bond donors (Lipinski definition) is 1. The van der Waals surface area contributed by atoms with Crippen LogP contribution in [0.4, 0.5) is 5.69 Å². The van der Waals surface area contributed by atoms with Crippen LogP contribution in [0.5, 0.6) is 5.75 Å². The Balaban J connectivity index is 2.28. The van der Waals surface area contributed by atoms with Crippen molar-refractivity contribution in [2.45, 2.75) is 0 Å². The number of aromatic hydroxyl groups is 1. The lowest BCUT2D eigenvalue weighted by atomic mass is 10.1. The Bertz CT molecular complexity index is 1130. The lowest BCUT2D eigenvalue weighted by molar-refractivity contribution is -0.383. The van der Waals surface area contributed by atoms with Crippen molar-refractivity contribution in [2.75, 3.05) is 0 Å². The molecule has 0 spiro atoms. The van der Waals surface area contributed by atoms with Gasteiger partial charge < -0.3 is 5.11 Å². The molecule has 112 valence electrons. The number of halogens is 1. The number of fused-ring (bicyclic) bond motifs is 4. The van der Waals surface area contributed by atoms with Crippen LogP contribution in [-0.2, 0) is 0 Å². The maximum Gasteiger partial charge on any atom is 0.297 e. The van der Waals surface area contributed by atoms with Gasteiger partial charge in [-0.2, -0.15) is 0 Å². The van der Waals surface area contributed by atoms with Crippen molar-refractivity contribution in [3.8, 4) is 5.75 Å². The van der Waals surface area contributed by atoms with Gasteiger partial charge in [0.25, 0.3) is 5.69 Å². The van der Waals surface area contributed by atoms with Gasteiger partial charge in [-0.15, -0.1) is 0 Å². The molecule has 4 rings (SSSR count). The molecule has 1 aromatic heterocycles. The molecule has 1 N–H and O–H groups in total. The fraction of sp³-hybridized carbons (Fsp3) is 0. The van der Waals surface area contributed by atoms with Gasteiger partial charge in [-0.05, 0) is 6.07 Å². The fourth-order valence-electron chi connectivity index (χ4n) is 2.68. The third kappa shape index (κ3) is 1.89. The normalized spacial score (nSPS) is 11.3. The van der Waals surface area contributed by atoms with Gasteiger partial charge in [0.15, 0.2) is 5.52 Å². The molecule has 0 aliphatic carbocycles. The fourth-order valence-corrected chi connectivity index (χ4v) is 2.91. The molecule has 0 aliphatic rings. The maximum absolute atomic E-state index is 11.2. The Hall–Kier alpha value is -2.99. The van der Waals surface area contributed by atoms with E-state index in [4.69, 9.17) is 11.6 Å².